The minimum absolute atomic E-state index is 0.0782. The second-order valence-corrected chi connectivity index (χ2v) is 4.27. The number of amides is 1. The fourth-order valence-electron chi connectivity index (χ4n) is 1.99. The van der Waals surface area contributed by atoms with Gasteiger partial charge in [0.05, 0.1) is 31.4 Å². The summed E-state index contributed by atoms with van der Waals surface area (Å²) in [6, 6.07) is 5.26. The number of anilines is 1. The molecule has 0 aromatic heterocycles. The summed E-state index contributed by atoms with van der Waals surface area (Å²) in [4.78, 5) is 13.4. The Labute approximate surface area is 106 Å². The number of β-amino-alcohol motifs (C(OH)–C–C–N with tert-alkyl or cyclic N) is 1. The molecule has 0 aliphatic carbocycles. The van der Waals surface area contributed by atoms with Gasteiger partial charge in [0.2, 0.25) is 5.91 Å². The van der Waals surface area contributed by atoms with Crippen LogP contribution in [-0.4, -0.2) is 35.9 Å². The minimum atomic E-state index is -0.607. The highest BCUT2D eigenvalue weighted by atomic mass is 16.5. The van der Waals surface area contributed by atoms with Crippen molar-refractivity contribution in [2.75, 3.05) is 24.7 Å². The first-order valence-electron chi connectivity index (χ1n) is 5.99. The van der Waals surface area contributed by atoms with Crippen molar-refractivity contribution in [1.82, 2.24) is 0 Å². The summed E-state index contributed by atoms with van der Waals surface area (Å²) in [6.07, 6.45) is -0.316. The van der Waals surface area contributed by atoms with Crippen LogP contribution in [0, 0.1) is 0 Å². The maximum Gasteiger partial charge on any atom is 0.230 e. The first-order chi connectivity index (χ1) is 8.63. The quantitative estimate of drug-likeness (QED) is 0.835. The zero-order valence-electron chi connectivity index (χ0n) is 10.3. The number of hydrogen-bond donors (Lipinski definition) is 2. The fraction of sp³-hybridized carbons (Fsp3) is 0.462. The van der Waals surface area contributed by atoms with E-state index in [2.05, 4.69) is 0 Å². The van der Waals surface area contributed by atoms with Crippen molar-refractivity contribution in [3.63, 3.8) is 0 Å². The Morgan fingerprint density at radius 1 is 1.50 bits per heavy atom. The molecular weight excluding hydrogens is 234 g/mol. The SMILES string of the molecule is CC(O)c1ccc2c(c1)N(CCO)C(=O)CCO2. The zero-order chi connectivity index (χ0) is 13.1. The van der Waals surface area contributed by atoms with Crippen molar-refractivity contribution in [2.45, 2.75) is 19.4 Å². The Morgan fingerprint density at radius 2 is 2.28 bits per heavy atom. The molecule has 0 saturated carbocycles. The molecule has 98 valence electrons. The zero-order valence-corrected chi connectivity index (χ0v) is 10.3. The molecule has 1 amide bonds. The van der Waals surface area contributed by atoms with Crippen molar-refractivity contribution < 1.29 is 19.7 Å². The first-order valence-corrected chi connectivity index (χ1v) is 5.99. The summed E-state index contributed by atoms with van der Waals surface area (Å²) in [5.41, 5.74) is 1.33. The second kappa shape index (κ2) is 5.37. The van der Waals surface area contributed by atoms with E-state index in [1.54, 1.807) is 25.1 Å². The molecule has 5 nitrogen and oxygen atoms in total. The number of fused-ring (bicyclic) bond motifs is 1. The van der Waals surface area contributed by atoms with Crippen LogP contribution in [-0.2, 0) is 4.79 Å². The largest absolute Gasteiger partial charge is 0.491 e. The van der Waals surface area contributed by atoms with Crippen LogP contribution >= 0.6 is 0 Å². The molecule has 1 aliphatic heterocycles. The van der Waals surface area contributed by atoms with Crippen LogP contribution in [0.4, 0.5) is 5.69 Å². The molecule has 0 bridgehead atoms. The van der Waals surface area contributed by atoms with E-state index >= 15 is 0 Å². The number of carbonyl (C=O) groups is 1. The van der Waals surface area contributed by atoms with Crippen molar-refractivity contribution >= 4 is 11.6 Å². The van der Waals surface area contributed by atoms with Gasteiger partial charge in [0.1, 0.15) is 5.75 Å². The fourth-order valence-corrected chi connectivity index (χ4v) is 1.99. The van der Waals surface area contributed by atoms with Crippen molar-refractivity contribution in [3.8, 4) is 5.75 Å². The Hall–Kier alpha value is -1.59. The predicted octanol–water partition coefficient (Wildman–Crippen LogP) is 0.848. The van der Waals surface area contributed by atoms with E-state index in [4.69, 9.17) is 9.84 Å². The molecule has 0 fully saturated rings. The van der Waals surface area contributed by atoms with Crippen LogP contribution in [0.15, 0.2) is 18.2 Å². The normalized spacial score (nSPS) is 16.8. The molecule has 5 heteroatoms. The van der Waals surface area contributed by atoms with Crippen LogP contribution in [0.25, 0.3) is 0 Å². The number of aliphatic hydroxyl groups excluding tert-OH is 2. The Kier molecular flexibility index (Phi) is 3.84. The molecule has 18 heavy (non-hydrogen) atoms. The highest BCUT2D eigenvalue weighted by molar-refractivity contribution is 5.95. The van der Waals surface area contributed by atoms with Gasteiger partial charge in [-0.1, -0.05) is 6.07 Å². The number of hydrogen-bond acceptors (Lipinski definition) is 4. The number of carbonyl (C=O) groups excluding carboxylic acids is 1. The van der Waals surface area contributed by atoms with Gasteiger partial charge in [-0.2, -0.15) is 0 Å². The monoisotopic (exact) mass is 251 g/mol. The van der Waals surface area contributed by atoms with Crippen molar-refractivity contribution in [3.05, 3.63) is 23.8 Å². The number of rotatable bonds is 3. The van der Waals surface area contributed by atoms with E-state index in [9.17, 15) is 9.90 Å². The maximum atomic E-state index is 11.9. The summed E-state index contributed by atoms with van der Waals surface area (Å²) < 4.78 is 5.50. The maximum absolute atomic E-state index is 11.9. The topological polar surface area (TPSA) is 70.0 Å². The van der Waals surface area contributed by atoms with Gasteiger partial charge in [-0.05, 0) is 24.6 Å². The Balaban J connectivity index is 2.44. The lowest BCUT2D eigenvalue weighted by atomic mass is 10.1. The molecule has 0 spiro atoms. The molecule has 1 aromatic carbocycles. The summed E-state index contributed by atoms with van der Waals surface area (Å²) in [7, 11) is 0. The van der Waals surface area contributed by atoms with Crippen LogP contribution in [0.3, 0.4) is 0 Å². The van der Waals surface area contributed by atoms with E-state index in [0.29, 0.717) is 24.5 Å². The highest BCUT2D eigenvalue weighted by Gasteiger charge is 2.23. The van der Waals surface area contributed by atoms with E-state index in [1.807, 2.05) is 0 Å². The molecule has 1 unspecified atom stereocenters. The first kappa shape index (κ1) is 12.9. The van der Waals surface area contributed by atoms with Gasteiger partial charge >= 0.3 is 0 Å². The van der Waals surface area contributed by atoms with Gasteiger partial charge in [-0.3, -0.25) is 4.79 Å². The number of benzene rings is 1. The lowest BCUT2D eigenvalue weighted by Gasteiger charge is -2.22. The second-order valence-electron chi connectivity index (χ2n) is 4.27. The number of nitrogens with zero attached hydrogens (tertiary/aromatic N) is 1. The predicted molar refractivity (Wildman–Crippen MR) is 66.6 cm³/mol. The standard InChI is InChI=1S/C13H17NO4/c1-9(16)10-2-3-12-11(8-10)14(5-6-15)13(17)4-7-18-12/h2-3,8-9,15-16H,4-7H2,1H3. The lowest BCUT2D eigenvalue weighted by Crippen LogP contribution is -2.32. The smallest absolute Gasteiger partial charge is 0.230 e. The number of aliphatic hydroxyl groups is 2. The van der Waals surface area contributed by atoms with Gasteiger partial charge in [0.15, 0.2) is 0 Å². The van der Waals surface area contributed by atoms with Crippen LogP contribution < -0.4 is 9.64 Å². The molecule has 2 rings (SSSR count). The summed E-state index contributed by atoms with van der Waals surface area (Å²) in [6.45, 7) is 2.13. The van der Waals surface area contributed by atoms with Crippen LogP contribution in [0.2, 0.25) is 0 Å². The lowest BCUT2D eigenvalue weighted by molar-refractivity contribution is -0.118. The van der Waals surface area contributed by atoms with Gasteiger partial charge in [0.25, 0.3) is 0 Å². The van der Waals surface area contributed by atoms with Crippen LogP contribution in [0.1, 0.15) is 25.0 Å². The molecule has 2 N–H and O–H groups in total. The number of ether oxygens (including phenoxy) is 1. The third-order valence-electron chi connectivity index (χ3n) is 2.95. The average molecular weight is 251 g/mol. The molecular formula is C13H17NO4. The van der Waals surface area contributed by atoms with Gasteiger partial charge < -0.3 is 19.8 Å². The van der Waals surface area contributed by atoms with Crippen molar-refractivity contribution in [1.29, 1.82) is 0 Å². The van der Waals surface area contributed by atoms with Gasteiger partial charge in [-0.15, -0.1) is 0 Å². The summed E-state index contributed by atoms with van der Waals surface area (Å²) in [5.74, 6) is 0.532. The molecule has 1 aliphatic rings. The summed E-state index contributed by atoms with van der Waals surface area (Å²) >= 11 is 0. The minimum Gasteiger partial charge on any atom is -0.491 e. The van der Waals surface area contributed by atoms with Crippen molar-refractivity contribution in [2.24, 2.45) is 0 Å². The molecule has 0 saturated heterocycles. The Morgan fingerprint density at radius 3 is 2.94 bits per heavy atom. The van der Waals surface area contributed by atoms with Gasteiger partial charge in [0, 0.05) is 6.54 Å². The van der Waals surface area contributed by atoms with E-state index in [1.165, 1.54) is 4.90 Å². The molecule has 1 atom stereocenters. The molecule has 1 heterocycles. The molecule has 0 radical (unpaired) electrons. The highest BCUT2D eigenvalue weighted by Crippen LogP contribution is 2.33. The summed E-state index contributed by atoms with van der Waals surface area (Å²) in [5, 5.41) is 18.6. The molecule has 1 aromatic rings. The van der Waals surface area contributed by atoms with Gasteiger partial charge in [-0.25, -0.2) is 0 Å². The third-order valence-corrected chi connectivity index (χ3v) is 2.95. The average Bonchev–Trinajstić information content (AvgIpc) is 2.50. The van der Waals surface area contributed by atoms with E-state index < -0.39 is 6.10 Å². The Bertz CT molecular complexity index is 445. The van der Waals surface area contributed by atoms with Crippen LogP contribution in [0.5, 0.6) is 5.75 Å². The van der Waals surface area contributed by atoms with E-state index in [0.717, 1.165) is 5.56 Å². The van der Waals surface area contributed by atoms with E-state index in [-0.39, 0.29) is 19.1 Å². The third kappa shape index (κ3) is 2.47.